The molecule has 15 heteroatoms. The van der Waals surface area contributed by atoms with E-state index in [-0.39, 0.29) is 58.3 Å². The van der Waals surface area contributed by atoms with Crippen molar-refractivity contribution in [3.05, 3.63) is 73.8 Å². The fourth-order valence-electron chi connectivity index (χ4n) is 8.44. The third-order valence-corrected chi connectivity index (χ3v) is 17.3. The third kappa shape index (κ3) is 6.00. The molecule has 0 spiro atoms. The normalized spacial score (nSPS) is 26.6. The number of rotatable bonds is 6. The molecule has 2 aromatic heterocycles. The first-order chi connectivity index (χ1) is 25.3. The summed E-state index contributed by atoms with van der Waals surface area (Å²) >= 11 is -2.09. The van der Waals surface area contributed by atoms with Gasteiger partial charge in [-0.05, 0) is 19.4 Å². The minimum atomic E-state index is -2.09. The number of alkyl carbamates (subject to hydrolysis) is 1. The molecule has 8 rings (SSSR count). The molecule has 0 saturated carbocycles. The summed E-state index contributed by atoms with van der Waals surface area (Å²) in [4.78, 5) is 69.4. The van der Waals surface area contributed by atoms with E-state index in [0.717, 1.165) is 34.4 Å². The quantitative estimate of drug-likeness (QED) is 0.121. The van der Waals surface area contributed by atoms with Crippen molar-refractivity contribution in [1.82, 2.24) is 19.9 Å². The van der Waals surface area contributed by atoms with Crippen LogP contribution in [0.25, 0.3) is 22.3 Å². The van der Waals surface area contributed by atoms with Crippen LogP contribution in [0, 0.1) is 12.7 Å². The number of fused-ring (bicyclic) bond motifs is 5. The van der Waals surface area contributed by atoms with Gasteiger partial charge in [-0.2, -0.15) is 0 Å². The number of aryl methyl sites for hydroxylation is 1. The van der Waals surface area contributed by atoms with Crippen LogP contribution in [-0.2, 0) is 51.8 Å². The molecule has 2 aliphatic carbocycles. The van der Waals surface area contributed by atoms with Crippen LogP contribution in [0.5, 0.6) is 0 Å². The van der Waals surface area contributed by atoms with Gasteiger partial charge in [0.25, 0.3) is 5.56 Å². The zero-order chi connectivity index (χ0) is 37.4. The SMILES string of the molecule is CC[C@@]1(O)C(=O)OCc2c1cc1n(c2=O)Cc2c-1nc1cc(F)c(C)c3c1c2[C@@H](NC(=O)O[C@H]1/C=C/CC[C](C)([Tl][O]N2C(=O)CCC2=O)CC1)CC3. The number of aromatic nitrogens is 2. The van der Waals surface area contributed by atoms with Crippen molar-refractivity contribution in [2.24, 2.45) is 0 Å². The number of carbonyl (C=O) groups is 4. The number of imide groups is 1. The zero-order valence-electron chi connectivity index (χ0n) is 29.8. The number of ether oxygens (including phenoxy) is 2. The predicted molar refractivity (Wildman–Crippen MR) is 188 cm³/mol. The number of hydrogen-bond acceptors (Lipinski definition) is 10. The van der Waals surface area contributed by atoms with E-state index in [1.165, 1.54) is 10.6 Å². The number of hydrogen-bond donors (Lipinski definition) is 2. The Labute approximate surface area is 316 Å². The molecule has 1 aromatic carbocycles. The second kappa shape index (κ2) is 13.4. The molecule has 0 radical (unpaired) electrons. The number of cyclic esters (lactones) is 1. The van der Waals surface area contributed by atoms with Crippen molar-refractivity contribution >= 4 is 59.5 Å². The van der Waals surface area contributed by atoms with Crippen molar-refractivity contribution in [2.75, 3.05) is 0 Å². The summed E-state index contributed by atoms with van der Waals surface area (Å²) in [6, 6.07) is 2.45. The molecule has 1 saturated heterocycles. The first kappa shape index (κ1) is 36.0. The van der Waals surface area contributed by atoms with Crippen LogP contribution >= 0.6 is 0 Å². The topological polar surface area (TPSA) is 166 Å². The number of hydroxylamine groups is 2. The van der Waals surface area contributed by atoms with Gasteiger partial charge < -0.3 is 9.84 Å². The number of benzene rings is 1. The van der Waals surface area contributed by atoms with Crippen LogP contribution in [0.1, 0.15) is 105 Å². The minimum absolute atomic E-state index is 0.000332. The van der Waals surface area contributed by atoms with E-state index in [4.69, 9.17) is 17.2 Å². The number of nitrogens with zero attached hydrogens (tertiary/aromatic N) is 3. The molecule has 53 heavy (non-hydrogen) atoms. The van der Waals surface area contributed by atoms with Crippen LogP contribution in [-0.4, -0.2) is 74.4 Å². The van der Waals surface area contributed by atoms with Gasteiger partial charge in [-0.1, -0.05) is 6.92 Å². The van der Waals surface area contributed by atoms with E-state index in [1.807, 2.05) is 12.2 Å². The fourth-order valence-corrected chi connectivity index (χ4v) is 13.0. The summed E-state index contributed by atoms with van der Waals surface area (Å²) in [5.74, 6) is -1.80. The van der Waals surface area contributed by atoms with Crippen LogP contribution in [0.15, 0.2) is 29.1 Å². The van der Waals surface area contributed by atoms with Gasteiger partial charge in [-0.3, -0.25) is 4.79 Å². The van der Waals surface area contributed by atoms with Crippen LogP contribution in [0.4, 0.5) is 9.18 Å². The van der Waals surface area contributed by atoms with Gasteiger partial charge >= 0.3 is 233 Å². The van der Waals surface area contributed by atoms with E-state index >= 15 is 4.39 Å². The summed E-state index contributed by atoms with van der Waals surface area (Å²) in [7, 11) is 0. The summed E-state index contributed by atoms with van der Waals surface area (Å²) in [6.45, 7) is 5.35. The molecule has 3 amide bonds. The number of carbonyl (C=O) groups excluding carboxylic acids is 4. The van der Waals surface area contributed by atoms with Gasteiger partial charge in [0, 0.05) is 5.56 Å². The van der Waals surface area contributed by atoms with Crippen molar-refractivity contribution in [3.8, 4) is 11.4 Å². The van der Waals surface area contributed by atoms with Crippen molar-refractivity contribution in [3.63, 3.8) is 0 Å². The van der Waals surface area contributed by atoms with Crippen LogP contribution in [0.2, 0.25) is 2.97 Å². The van der Waals surface area contributed by atoms with Crippen molar-refractivity contribution in [2.45, 2.75) is 112 Å². The Morgan fingerprint density at radius 3 is 2.64 bits per heavy atom. The predicted octanol–water partition coefficient (Wildman–Crippen LogP) is 4.62. The monoisotopic (exact) mass is 919 g/mol. The van der Waals surface area contributed by atoms with Gasteiger partial charge in [0.05, 0.1) is 5.56 Å². The number of pyridine rings is 2. The molecule has 0 bridgehead atoms. The summed E-state index contributed by atoms with van der Waals surface area (Å²) in [5.41, 5.74) is 1.92. The Balaban J connectivity index is 1.08. The van der Waals surface area contributed by atoms with Gasteiger partial charge in [0.15, 0.2) is 5.60 Å². The zero-order valence-corrected chi connectivity index (χ0v) is 34.2. The molecule has 5 aliphatic rings. The van der Waals surface area contributed by atoms with Crippen molar-refractivity contribution < 1.29 is 40.9 Å². The molecule has 1 fully saturated rings. The molecule has 3 aromatic rings. The summed E-state index contributed by atoms with van der Waals surface area (Å²) < 4.78 is 33.8. The van der Waals surface area contributed by atoms with E-state index in [1.54, 1.807) is 19.9 Å². The number of amides is 3. The Morgan fingerprint density at radius 1 is 1.11 bits per heavy atom. The summed E-state index contributed by atoms with van der Waals surface area (Å²) in [6.07, 6.45) is 6.91. The Kier molecular flexibility index (Phi) is 9.08. The molecule has 1 unspecified atom stereocenters. The van der Waals surface area contributed by atoms with Gasteiger partial charge in [-0.15, -0.1) is 0 Å². The molecular weight excluding hydrogens is 880 g/mol. The molecule has 275 valence electrons. The van der Waals surface area contributed by atoms with Gasteiger partial charge in [0.2, 0.25) is 0 Å². The average Bonchev–Trinajstić information content (AvgIpc) is 3.66. The Morgan fingerprint density at radius 2 is 1.89 bits per heavy atom. The number of allylic oxidation sites excluding steroid dienone is 1. The van der Waals surface area contributed by atoms with E-state index in [9.17, 15) is 29.1 Å². The van der Waals surface area contributed by atoms with Gasteiger partial charge in [-0.25, -0.2) is 9.18 Å². The first-order valence-electron chi connectivity index (χ1n) is 18.1. The molecule has 3 aliphatic heterocycles. The second-order valence-corrected chi connectivity index (χ2v) is 22.1. The fraction of sp³-hybridized carbons (Fsp3) is 0.474. The molecular formula is C38H39FN4O9Tl. The first-order valence-corrected chi connectivity index (χ1v) is 22.2. The standard InChI is InChI=1S/C34H35FN3O6.C4H4NO3.Tl/c1-4-34(42)23-13-27-30-21(15-38(27)31(39)22(23)16-43-32(34)40)29-25(12-11-20-18(3)24(35)14-26(36-30)28(20)29)37-33(41)44-19-8-6-5-7-17(2)9-10-19;6-3-1-2-4(7)5(3)8;/h6,8,13-14,19,25,42H,4-5,7,9-12,15-16H2,1-3H3,(H,37,41);1-2H2;/q;-1;+1/b8-6+;;/t19-,25-,34-;;/m0../s1. The number of halogens is 1. The molecule has 13 nitrogen and oxygen atoms in total. The van der Waals surface area contributed by atoms with Crippen molar-refractivity contribution in [1.29, 1.82) is 0 Å². The van der Waals surface area contributed by atoms with Crippen LogP contribution in [0.3, 0.4) is 0 Å². The van der Waals surface area contributed by atoms with E-state index in [0.29, 0.717) is 53.7 Å². The molecule has 5 heterocycles. The number of nitrogens with one attached hydrogen (secondary N) is 1. The van der Waals surface area contributed by atoms with Gasteiger partial charge in [0.1, 0.15) is 12.4 Å². The summed E-state index contributed by atoms with van der Waals surface area (Å²) in [5, 5.41) is 16.1. The number of esters is 1. The van der Waals surface area contributed by atoms with E-state index < -0.39 is 65.9 Å². The molecule has 2 N–H and O–H groups in total. The maximum absolute atomic E-state index is 15.3. The molecule has 4 atom stereocenters. The van der Waals surface area contributed by atoms with E-state index in [2.05, 4.69) is 12.2 Å². The Hall–Kier alpha value is -4.03. The number of aliphatic hydroxyl groups is 1. The van der Waals surface area contributed by atoms with Crippen LogP contribution < -0.4 is 10.9 Å². The second-order valence-electron chi connectivity index (χ2n) is 15.0. The maximum atomic E-state index is 15.3. The Bertz CT molecular complexity index is 2210. The third-order valence-electron chi connectivity index (χ3n) is 11.6. The average molecular weight is 919 g/mol.